The Morgan fingerprint density at radius 1 is 1.19 bits per heavy atom. The maximum absolute atomic E-state index is 5.94. The number of nitrogens with one attached hydrogen (secondary N) is 2. The van der Waals surface area contributed by atoms with E-state index in [1.165, 1.54) is 30.4 Å². The third-order valence-corrected chi connectivity index (χ3v) is 6.00. The largest absolute Gasteiger partial charge is 0.494 e. The molecule has 7 nitrogen and oxygen atoms in total. The molecule has 2 N–H and O–H groups in total. The summed E-state index contributed by atoms with van der Waals surface area (Å²) in [5, 5.41) is 6.83. The molecule has 0 spiro atoms. The first-order valence-corrected chi connectivity index (χ1v) is 11.8. The number of anilines is 1. The Hall–Kier alpha value is -2.96. The number of pyridine rings is 1. The van der Waals surface area contributed by atoms with E-state index in [0.717, 1.165) is 48.4 Å². The second-order valence-corrected chi connectivity index (χ2v) is 8.48. The number of fused-ring (bicyclic) bond motifs is 1. The Labute approximate surface area is 191 Å². The van der Waals surface area contributed by atoms with Crippen molar-refractivity contribution in [3.8, 4) is 11.5 Å². The molecule has 0 aliphatic carbocycles. The Kier molecular flexibility index (Phi) is 7.35. The fourth-order valence-electron chi connectivity index (χ4n) is 4.36. The summed E-state index contributed by atoms with van der Waals surface area (Å²) in [6, 6.07) is 8.45. The number of aromatic nitrogens is 1. The van der Waals surface area contributed by atoms with Crippen LogP contribution < -0.4 is 25.0 Å². The minimum atomic E-state index is 0.215. The molecule has 7 heteroatoms. The van der Waals surface area contributed by atoms with Crippen LogP contribution in [0.2, 0.25) is 0 Å². The second-order valence-electron chi connectivity index (χ2n) is 8.48. The van der Waals surface area contributed by atoms with Gasteiger partial charge in [0.1, 0.15) is 23.4 Å². The van der Waals surface area contributed by atoms with E-state index in [4.69, 9.17) is 9.47 Å². The molecule has 0 saturated carbocycles. The van der Waals surface area contributed by atoms with Gasteiger partial charge in [0, 0.05) is 57.0 Å². The Bertz CT molecular complexity index is 940. The molecule has 1 unspecified atom stereocenters. The zero-order valence-electron chi connectivity index (χ0n) is 19.5. The van der Waals surface area contributed by atoms with Crippen LogP contribution in [0.5, 0.6) is 11.5 Å². The average molecular weight is 438 g/mol. The minimum Gasteiger partial charge on any atom is -0.494 e. The van der Waals surface area contributed by atoms with Gasteiger partial charge in [0.15, 0.2) is 5.96 Å². The first-order valence-electron chi connectivity index (χ1n) is 11.8. The molecule has 2 aromatic rings. The number of hydrogen-bond donors (Lipinski definition) is 2. The van der Waals surface area contributed by atoms with E-state index in [2.05, 4.69) is 56.7 Å². The molecule has 1 aromatic carbocycles. The standard InChI is InChI=1S/C25H35N5O2/c1-4-31-22-14-20-12-18(2)32-23(20)15-21(22)17-29-25(26-3)28-16-19-8-9-27-24(13-19)30-10-6-5-7-11-30/h8-9,13-15,18H,4-7,10-12,16-17H2,1-3H3,(H2,26,28,29). The molecular weight excluding hydrogens is 402 g/mol. The molecular formula is C25H35N5O2. The summed E-state index contributed by atoms with van der Waals surface area (Å²) >= 11 is 0. The number of hydrogen-bond acceptors (Lipinski definition) is 5. The van der Waals surface area contributed by atoms with E-state index in [1.807, 2.05) is 13.1 Å². The summed E-state index contributed by atoms with van der Waals surface area (Å²) < 4.78 is 11.8. The topological polar surface area (TPSA) is 71.0 Å². The number of guanidine groups is 1. The van der Waals surface area contributed by atoms with Crippen LogP contribution in [-0.4, -0.2) is 43.8 Å². The van der Waals surface area contributed by atoms with Gasteiger partial charge in [-0.25, -0.2) is 4.98 Å². The van der Waals surface area contributed by atoms with Gasteiger partial charge in [-0.05, 0) is 62.9 Å². The summed E-state index contributed by atoms with van der Waals surface area (Å²) in [4.78, 5) is 11.3. The zero-order chi connectivity index (χ0) is 22.3. The summed E-state index contributed by atoms with van der Waals surface area (Å²) in [5.41, 5.74) is 3.48. The van der Waals surface area contributed by atoms with Crippen molar-refractivity contribution >= 4 is 11.8 Å². The number of piperidine rings is 1. The van der Waals surface area contributed by atoms with Gasteiger partial charge in [-0.15, -0.1) is 0 Å². The lowest BCUT2D eigenvalue weighted by Gasteiger charge is -2.28. The van der Waals surface area contributed by atoms with Gasteiger partial charge < -0.3 is 25.0 Å². The van der Waals surface area contributed by atoms with Gasteiger partial charge in [0.05, 0.1) is 6.61 Å². The lowest BCUT2D eigenvalue weighted by atomic mass is 10.1. The Morgan fingerprint density at radius 2 is 2.00 bits per heavy atom. The van der Waals surface area contributed by atoms with Crippen LogP contribution in [0.3, 0.4) is 0 Å². The van der Waals surface area contributed by atoms with Crippen LogP contribution in [0, 0.1) is 0 Å². The molecule has 1 fully saturated rings. The molecule has 0 amide bonds. The molecule has 1 aromatic heterocycles. The normalized spacial score (nSPS) is 18.2. The van der Waals surface area contributed by atoms with Gasteiger partial charge in [0.25, 0.3) is 0 Å². The molecule has 1 saturated heterocycles. The van der Waals surface area contributed by atoms with Crippen molar-refractivity contribution < 1.29 is 9.47 Å². The van der Waals surface area contributed by atoms with Gasteiger partial charge in [-0.3, -0.25) is 4.99 Å². The van der Waals surface area contributed by atoms with Crippen LogP contribution in [0.25, 0.3) is 0 Å². The summed E-state index contributed by atoms with van der Waals surface area (Å²) in [5.74, 6) is 3.69. The van der Waals surface area contributed by atoms with Gasteiger partial charge in [-0.2, -0.15) is 0 Å². The fourth-order valence-corrected chi connectivity index (χ4v) is 4.36. The molecule has 0 bridgehead atoms. The summed E-state index contributed by atoms with van der Waals surface area (Å²) in [7, 11) is 1.79. The van der Waals surface area contributed by atoms with E-state index < -0.39 is 0 Å². The molecule has 3 heterocycles. The van der Waals surface area contributed by atoms with E-state index in [9.17, 15) is 0 Å². The Balaban J connectivity index is 1.36. The zero-order valence-corrected chi connectivity index (χ0v) is 19.5. The molecule has 0 radical (unpaired) electrons. The van der Waals surface area contributed by atoms with Crippen molar-refractivity contribution in [3.05, 3.63) is 47.2 Å². The number of ether oxygens (including phenoxy) is 2. The quantitative estimate of drug-likeness (QED) is 0.509. The highest BCUT2D eigenvalue weighted by Gasteiger charge is 2.22. The number of benzene rings is 1. The summed E-state index contributed by atoms with van der Waals surface area (Å²) in [6.07, 6.45) is 6.86. The van der Waals surface area contributed by atoms with Crippen molar-refractivity contribution in [1.82, 2.24) is 15.6 Å². The third kappa shape index (κ3) is 5.44. The maximum atomic E-state index is 5.94. The predicted molar refractivity (Wildman–Crippen MR) is 129 cm³/mol. The summed E-state index contributed by atoms with van der Waals surface area (Å²) in [6.45, 7) is 8.23. The Morgan fingerprint density at radius 3 is 2.78 bits per heavy atom. The lowest BCUT2D eigenvalue weighted by molar-refractivity contribution is 0.254. The van der Waals surface area contributed by atoms with Crippen molar-refractivity contribution in [1.29, 1.82) is 0 Å². The van der Waals surface area contributed by atoms with Crippen molar-refractivity contribution in [2.45, 2.75) is 58.7 Å². The third-order valence-electron chi connectivity index (χ3n) is 6.00. The molecule has 2 aliphatic rings. The van der Waals surface area contributed by atoms with Gasteiger partial charge >= 0.3 is 0 Å². The van der Waals surface area contributed by atoms with E-state index >= 15 is 0 Å². The highest BCUT2D eigenvalue weighted by Crippen LogP contribution is 2.35. The highest BCUT2D eigenvalue weighted by atomic mass is 16.5. The lowest BCUT2D eigenvalue weighted by Crippen LogP contribution is -2.36. The number of rotatable bonds is 7. The smallest absolute Gasteiger partial charge is 0.191 e. The van der Waals surface area contributed by atoms with E-state index in [1.54, 1.807) is 7.05 Å². The monoisotopic (exact) mass is 437 g/mol. The van der Waals surface area contributed by atoms with Crippen LogP contribution >= 0.6 is 0 Å². The maximum Gasteiger partial charge on any atom is 0.191 e. The molecule has 4 rings (SSSR count). The van der Waals surface area contributed by atoms with Crippen LogP contribution in [0.1, 0.15) is 49.8 Å². The van der Waals surface area contributed by atoms with Gasteiger partial charge in [0.2, 0.25) is 0 Å². The first kappa shape index (κ1) is 22.2. The average Bonchev–Trinajstić information content (AvgIpc) is 3.19. The molecule has 1 atom stereocenters. The van der Waals surface area contributed by atoms with Gasteiger partial charge in [-0.1, -0.05) is 0 Å². The van der Waals surface area contributed by atoms with E-state index in [0.29, 0.717) is 19.7 Å². The van der Waals surface area contributed by atoms with Crippen molar-refractivity contribution in [2.24, 2.45) is 4.99 Å². The van der Waals surface area contributed by atoms with Crippen LogP contribution in [-0.2, 0) is 19.5 Å². The predicted octanol–water partition coefficient (Wildman–Crippen LogP) is 3.66. The van der Waals surface area contributed by atoms with Crippen LogP contribution in [0.4, 0.5) is 5.82 Å². The SMILES string of the molecule is CCOc1cc2c(cc1CNC(=NC)NCc1ccnc(N3CCCCC3)c1)OC(C)C2. The minimum absolute atomic E-state index is 0.215. The number of aliphatic imine (C=N–C) groups is 1. The molecule has 2 aliphatic heterocycles. The van der Waals surface area contributed by atoms with Crippen molar-refractivity contribution in [3.63, 3.8) is 0 Å². The highest BCUT2D eigenvalue weighted by molar-refractivity contribution is 5.79. The van der Waals surface area contributed by atoms with Crippen LogP contribution in [0.15, 0.2) is 35.5 Å². The first-order chi connectivity index (χ1) is 15.7. The molecule has 172 valence electrons. The number of nitrogens with zero attached hydrogens (tertiary/aromatic N) is 3. The van der Waals surface area contributed by atoms with Crippen molar-refractivity contribution in [2.75, 3.05) is 31.6 Å². The van der Waals surface area contributed by atoms with E-state index in [-0.39, 0.29) is 6.10 Å². The second kappa shape index (κ2) is 10.6. The fraction of sp³-hybridized carbons (Fsp3) is 0.520. The molecule has 32 heavy (non-hydrogen) atoms.